The lowest BCUT2D eigenvalue weighted by molar-refractivity contribution is -0.118. The first-order chi connectivity index (χ1) is 12.1. The van der Waals surface area contributed by atoms with E-state index in [4.69, 9.17) is 13.9 Å². The molecule has 3 rings (SSSR count). The van der Waals surface area contributed by atoms with Gasteiger partial charge >= 0.3 is 0 Å². The second kappa shape index (κ2) is 7.48. The van der Waals surface area contributed by atoms with Gasteiger partial charge in [0.2, 0.25) is 11.8 Å². The number of aromatic nitrogens is 2. The zero-order valence-electron chi connectivity index (χ0n) is 13.9. The average Bonchev–Trinajstić information content (AvgIpc) is 3.07. The van der Waals surface area contributed by atoms with Crippen molar-refractivity contribution in [3.8, 4) is 23.0 Å². The minimum Gasteiger partial charge on any atom is -0.497 e. The van der Waals surface area contributed by atoms with Crippen LogP contribution < -0.4 is 14.8 Å². The molecular weight excluding hydrogens is 322 g/mol. The molecule has 7 heteroatoms. The predicted octanol–water partition coefficient (Wildman–Crippen LogP) is 3.07. The molecule has 0 radical (unpaired) electrons. The first-order valence-corrected chi connectivity index (χ1v) is 7.61. The molecule has 0 saturated carbocycles. The maximum absolute atomic E-state index is 12.0. The highest BCUT2D eigenvalue weighted by Crippen LogP contribution is 2.21. The number of hydrogen-bond donors (Lipinski definition) is 1. The summed E-state index contributed by atoms with van der Waals surface area (Å²) >= 11 is 0. The van der Waals surface area contributed by atoms with E-state index in [0.717, 1.165) is 5.56 Å². The van der Waals surface area contributed by atoms with Crippen molar-refractivity contribution in [1.82, 2.24) is 10.2 Å². The summed E-state index contributed by atoms with van der Waals surface area (Å²) in [6.07, 6.45) is 0. The summed E-state index contributed by atoms with van der Waals surface area (Å²) in [6, 6.07) is 14.2. The summed E-state index contributed by atoms with van der Waals surface area (Å²) in [6.45, 7) is 1.63. The van der Waals surface area contributed by atoms with E-state index in [1.54, 1.807) is 62.6 Å². The van der Waals surface area contributed by atoms with Crippen LogP contribution in [0.2, 0.25) is 0 Å². The summed E-state index contributed by atoms with van der Waals surface area (Å²) in [7, 11) is 1.57. The molecule has 0 fully saturated rings. The van der Waals surface area contributed by atoms with Crippen LogP contribution in [0, 0.1) is 6.92 Å². The molecule has 0 saturated heterocycles. The average molecular weight is 339 g/mol. The molecule has 0 aliphatic rings. The number of carbonyl (C=O) groups is 1. The van der Waals surface area contributed by atoms with Crippen molar-refractivity contribution in [2.75, 3.05) is 19.0 Å². The number of anilines is 1. The standard InChI is InChI=1S/C18H17N3O4/c1-12-20-21-18(25-12)13-6-8-14(9-7-13)19-17(22)11-24-16-5-3-4-15(10-16)23-2/h3-10H,11H2,1-2H3,(H,19,22). The molecule has 1 aromatic heterocycles. The van der Waals surface area contributed by atoms with Crippen molar-refractivity contribution < 1.29 is 18.7 Å². The molecule has 1 heterocycles. The Morgan fingerprint density at radius 1 is 1.12 bits per heavy atom. The van der Waals surface area contributed by atoms with E-state index in [9.17, 15) is 4.79 Å². The summed E-state index contributed by atoms with van der Waals surface area (Å²) < 4.78 is 15.9. The molecule has 3 aromatic rings. The molecule has 1 amide bonds. The van der Waals surface area contributed by atoms with Crippen molar-refractivity contribution in [1.29, 1.82) is 0 Å². The van der Waals surface area contributed by atoms with Crippen molar-refractivity contribution >= 4 is 11.6 Å². The molecule has 128 valence electrons. The van der Waals surface area contributed by atoms with Crippen LogP contribution in [0.3, 0.4) is 0 Å². The third-order valence-electron chi connectivity index (χ3n) is 3.35. The largest absolute Gasteiger partial charge is 0.497 e. The highest BCUT2D eigenvalue weighted by molar-refractivity contribution is 5.92. The summed E-state index contributed by atoms with van der Waals surface area (Å²) in [5.74, 6) is 1.92. The lowest BCUT2D eigenvalue weighted by atomic mass is 10.2. The van der Waals surface area contributed by atoms with Gasteiger partial charge in [-0.1, -0.05) is 6.07 Å². The van der Waals surface area contributed by atoms with Crippen molar-refractivity contribution in [2.24, 2.45) is 0 Å². The number of aryl methyl sites for hydroxylation is 1. The van der Waals surface area contributed by atoms with E-state index in [1.807, 2.05) is 0 Å². The number of amides is 1. The molecule has 0 unspecified atom stereocenters. The molecule has 7 nitrogen and oxygen atoms in total. The second-order valence-corrected chi connectivity index (χ2v) is 5.22. The second-order valence-electron chi connectivity index (χ2n) is 5.22. The SMILES string of the molecule is COc1cccc(OCC(=O)Nc2ccc(-c3nnc(C)o3)cc2)c1. The zero-order valence-corrected chi connectivity index (χ0v) is 13.9. The van der Waals surface area contributed by atoms with Crippen molar-refractivity contribution in [3.63, 3.8) is 0 Å². The molecule has 2 aromatic carbocycles. The number of rotatable bonds is 6. The van der Waals surface area contributed by atoms with Crippen LogP contribution in [0.15, 0.2) is 52.9 Å². The molecular formula is C18H17N3O4. The van der Waals surface area contributed by atoms with Gasteiger partial charge in [-0.15, -0.1) is 10.2 Å². The minimum absolute atomic E-state index is 0.0994. The summed E-state index contributed by atoms with van der Waals surface area (Å²) in [5, 5.41) is 10.5. The van der Waals surface area contributed by atoms with Gasteiger partial charge < -0.3 is 19.2 Å². The van der Waals surface area contributed by atoms with Gasteiger partial charge in [0.05, 0.1) is 7.11 Å². The number of nitrogens with zero attached hydrogens (tertiary/aromatic N) is 2. The highest BCUT2D eigenvalue weighted by Gasteiger charge is 2.08. The normalized spacial score (nSPS) is 10.3. The van der Waals surface area contributed by atoms with E-state index in [-0.39, 0.29) is 12.5 Å². The monoisotopic (exact) mass is 339 g/mol. The Morgan fingerprint density at radius 3 is 2.56 bits per heavy atom. The first-order valence-electron chi connectivity index (χ1n) is 7.61. The van der Waals surface area contributed by atoms with Crippen molar-refractivity contribution in [2.45, 2.75) is 6.92 Å². The highest BCUT2D eigenvalue weighted by atomic mass is 16.5. The maximum atomic E-state index is 12.0. The van der Waals surface area contributed by atoms with Crippen LogP contribution >= 0.6 is 0 Å². The van der Waals surface area contributed by atoms with Gasteiger partial charge in [-0.05, 0) is 36.4 Å². The summed E-state index contributed by atoms with van der Waals surface area (Å²) in [5.41, 5.74) is 1.44. The van der Waals surface area contributed by atoms with Crippen LogP contribution in [0.25, 0.3) is 11.5 Å². The summed E-state index contributed by atoms with van der Waals surface area (Å²) in [4.78, 5) is 12.0. The number of benzene rings is 2. The molecule has 0 spiro atoms. The fraction of sp³-hybridized carbons (Fsp3) is 0.167. The molecule has 0 atom stereocenters. The fourth-order valence-corrected chi connectivity index (χ4v) is 2.15. The number of nitrogens with one attached hydrogen (secondary N) is 1. The van der Waals surface area contributed by atoms with Gasteiger partial charge in [0.1, 0.15) is 11.5 Å². The van der Waals surface area contributed by atoms with Crippen LogP contribution in [-0.2, 0) is 4.79 Å². The molecule has 1 N–H and O–H groups in total. The number of ether oxygens (including phenoxy) is 2. The van der Waals surface area contributed by atoms with Gasteiger partial charge in [0.25, 0.3) is 5.91 Å². The first kappa shape index (κ1) is 16.5. The van der Waals surface area contributed by atoms with E-state index < -0.39 is 0 Å². The quantitative estimate of drug-likeness (QED) is 0.743. The number of carbonyl (C=O) groups excluding carboxylic acids is 1. The number of methoxy groups -OCH3 is 1. The Kier molecular flexibility index (Phi) is 4.94. The third-order valence-corrected chi connectivity index (χ3v) is 3.35. The predicted molar refractivity (Wildman–Crippen MR) is 91.6 cm³/mol. The van der Waals surface area contributed by atoms with Crippen molar-refractivity contribution in [3.05, 3.63) is 54.4 Å². The molecule has 0 bridgehead atoms. The smallest absolute Gasteiger partial charge is 0.262 e. The van der Waals surface area contributed by atoms with Crippen LogP contribution in [0.5, 0.6) is 11.5 Å². The maximum Gasteiger partial charge on any atom is 0.262 e. The van der Waals surface area contributed by atoms with E-state index >= 15 is 0 Å². The van der Waals surface area contributed by atoms with Crippen LogP contribution in [-0.4, -0.2) is 29.8 Å². The lowest BCUT2D eigenvalue weighted by Crippen LogP contribution is -2.20. The Hall–Kier alpha value is -3.35. The zero-order chi connectivity index (χ0) is 17.6. The van der Waals surface area contributed by atoms with Crippen LogP contribution in [0.4, 0.5) is 5.69 Å². The van der Waals surface area contributed by atoms with Gasteiger partial charge in [-0.2, -0.15) is 0 Å². The third kappa shape index (κ3) is 4.35. The Labute approximate surface area is 144 Å². The topological polar surface area (TPSA) is 86.5 Å². The van der Waals surface area contributed by atoms with E-state index in [1.165, 1.54) is 0 Å². The van der Waals surface area contributed by atoms with E-state index in [0.29, 0.717) is 29.0 Å². The van der Waals surface area contributed by atoms with Gasteiger partial charge in [0, 0.05) is 24.2 Å². The Balaban J connectivity index is 1.55. The lowest BCUT2D eigenvalue weighted by Gasteiger charge is -2.08. The van der Waals surface area contributed by atoms with Crippen LogP contribution in [0.1, 0.15) is 5.89 Å². The van der Waals surface area contributed by atoms with Gasteiger partial charge in [0.15, 0.2) is 6.61 Å². The minimum atomic E-state index is -0.260. The molecule has 0 aliphatic carbocycles. The Bertz CT molecular complexity index is 859. The van der Waals surface area contributed by atoms with E-state index in [2.05, 4.69) is 15.5 Å². The van der Waals surface area contributed by atoms with Gasteiger partial charge in [-0.25, -0.2) is 0 Å². The Morgan fingerprint density at radius 2 is 1.88 bits per heavy atom. The number of hydrogen-bond acceptors (Lipinski definition) is 6. The molecule has 0 aliphatic heterocycles. The molecule has 25 heavy (non-hydrogen) atoms. The fourth-order valence-electron chi connectivity index (χ4n) is 2.15. The van der Waals surface area contributed by atoms with Gasteiger partial charge in [-0.3, -0.25) is 4.79 Å².